The molecular weight excluding hydrogens is 229 g/mol. The molecule has 9 heteroatoms. The standard InChI is InChI=1S/C6H12NO7P/c7-5(14-15(10,11)12)2-1-3-6(9)13-4-8/h4-5H,1-3,7H2,(H2,10,11,12). The van der Waals surface area contributed by atoms with E-state index in [-0.39, 0.29) is 25.7 Å². The summed E-state index contributed by atoms with van der Waals surface area (Å²) in [6.07, 6.45) is -0.959. The SMILES string of the molecule is NC(CCCC(=O)OC=O)OP(=O)(O)O. The minimum Gasteiger partial charge on any atom is -0.395 e. The predicted octanol–water partition coefficient (Wildman–Crippen LogP) is -0.750. The van der Waals surface area contributed by atoms with Crippen molar-refractivity contribution in [3.63, 3.8) is 0 Å². The molecule has 0 radical (unpaired) electrons. The molecule has 0 saturated heterocycles. The van der Waals surface area contributed by atoms with Crippen molar-refractivity contribution in [2.24, 2.45) is 5.73 Å². The zero-order valence-electron chi connectivity index (χ0n) is 7.74. The van der Waals surface area contributed by atoms with Gasteiger partial charge in [-0.15, -0.1) is 0 Å². The van der Waals surface area contributed by atoms with Crippen molar-refractivity contribution in [2.75, 3.05) is 0 Å². The number of phosphoric ester groups is 1. The van der Waals surface area contributed by atoms with E-state index in [0.717, 1.165) is 0 Å². The van der Waals surface area contributed by atoms with Gasteiger partial charge in [-0.1, -0.05) is 0 Å². The fourth-order valence-electron chi connectivity index (χ4n) is 0.789. The maximum atomic E-state index is 10.6. The molecule has 0 aromatic rings. The molecule has 1 unspecified atom stereocenters. The smallest absolute Gasteiger partial charge is 0.395 e. The molecule has 0 fully saturated rings. The Morgan fingerprint density at radius 1 is 1.53 bits per heavy atom. The molecule has 0 amide bonds. The number of esters is 1. The number of carbonyl (C=O) groups excluding carboxylic acids is 2. The normalized spacial score (nSPS) is 13.3. The van der Waals surface area contributed by atoms with Gasteiger partial charge in [0.05, 0.1) is 0 Å². The lowest BCUT2D eigenvalue weighted by molar-refractivity contribution is -0.151. The Hall–Kier alpha value is -0.790. The van der Waals surface area contributed by atoms with E-state index >= 15 is 0 Å². The molecule has 88 valence electrons. The van der Waals surface area contributed by atoms with Crippen LogP contribution in [0, 0.1) is 0 Å². The van der Waals surface area contributed by atoms with E-state index in [1.807, 2.05) is 0 Å². The van der Waals surface area contributed by atoms with Crippen molar-refractivity contribution in [3.8, 4) is 0 Å². The number of carbonyl (C=O) groups is 2. The van der Waals surface area contributed by atoms with Crippen LogP contribution in [0.4, 0.5) is 0 Å². The Morgan fingerprint density at radius 3 is 2.60 bits per heavy atom. The fraction of sp³-hybridized carbons (Fsp3) is 0.667. The Morgan fingerprint density at radius 2 is 2.13 bits per heavy atom. The molecular formula is C6H12NO7P. The highest BCUT2D eigenvalue weighted by atomic mass is 31.2. The molecule has 8 nitrogen and oxygen atoms in total. The first-order chi connectivity index (χ1) is 6.85. The van der Waals surface area contributed by atoms with Gasteiger partial charge in [0.2, 0.25) is 0 Å². The quantitative estimate of drug-likeness (QED) is 0.174. The maximum Gasteiger partial charge on any atom is 0.471 e. The molecule has 0 rings (SSSR count). The summed E-state index contributed by atoms with van der Waals surface area (Å²) in [5, 5.41) is 0. The summed E-state index contributed by atoms with van der Waals surface area (Å²) in [7, 11) is -4.60. The first-order valence-corrected chi connectivity index (χ1v) is 5.51. The number of phosphoric acid groups is 1. The number of ether oxygens (including phenoxy) is 1. The van der Waals surface area contributed by atoms with E-state index in [2.05, 4.69) is 9.26 Å². The van der Waals surface area contributed by atoms with Gasteiger partial charge >= 0.3 is 20.3 Å². The van der Waals surface area contributed by atoms with E-state index in [9.17, 15) is 14.2 Å². The van der Waals surface area contributed by atoms with Crippen LogP contribution in [0.3, 0.4) is 0 Å². The van der Waals surface area contributed by atoms with E-state index < -0.39 is 20.0 Å². The zero-order valence-corrected chi connectivity index (χ0v) is 8.63. The van der Waals surface area contributed by atoms with Gasteiger partial charge in [-0.05, 0) is 12.8 Å². The topological polar surface area (TPSA) is 136 Å². The van der Waals surface area contributed by atoms with Crippen molar-refractivity contribution >= 4 is 20.3 Å². The van der Waals surface area contributed by atoms with E-state index in [0.29, 0.717) is 0 Å². The Balaban J connectivity index is 3.64. The fourth-order valence-corrected chi connectivity index (χ4v) is 1.25. The van der Waals surface area contributed by atoms with Crippen LogP contribution >= 0.6 is 7.82 Å². The summed E-state index contributed by atoms with van der Waals surface area (Å²) in [6, 6.07) is 0. The van der Waals surface area contributed by atoms with Gasteiger partial charge in [0.25, 0.3) is 0 Å². The second-order valence-electron chi connectivity index (χ2n) is 2.61. The summed E-state index contributed by atoms with van der Waals surface area (Å²) in [5.41, 5.74) is 5.18. The lowest BCUT2D eigenvalue weighted by Crippen LogP contribution is -2.22. The summed E-state index contributed by atoms with van der Waals surface area (Å²) in [5.74, 6) is -0.728. The van der Waals surface area contributed by atoms with E-state index in [4.69, 9.17) is 15.5 Å². The van der Waals surface area contributed by atoms with Crippen molar-refractivity contribution < 1.29 is 33.2 Å². The van der Waals surface area contributed by atoms with Gasteiger partial charge in [-0.3, -0.25) is 14.1 Å². The van der Waals surface area contributed by atoms with E-state index in [1.54, 1.807) is 0 Å². The molecule has 0 aromatic heterocycles. The molecule has 0 aliphatic rings. The molecule has 0 heterocycles. The van der Waals surface area contributed by atoms with Crippen LogP contribution in [0.15, 0.2) is 0 Å². The van der Waals surface area contributed by atoms with E-state index in [1.165, 1.54) is 0 Å². The highest BCUT2D eigenvalue weighted by molar-refractivity contribution is 7.46. The minimum absolute atomic E-state index is 0.00834. The number of rotatable bonds is 7. The van der Waals surface area contributed by atoms with Crippen LogP contribution in [-0.4, -0.2) is 28.5 Å². The van der Waals surface area contributed by atoms with Gasteiger partial charge in [0, 0.05) is 6.42 Å². The van der Waals surface area contributed by atoms with Crippen LogP contribution in [0.1, 0.15) is 19.3 Å². The van der Waals surface area contributed by atoms with Gasteiger partial charge < -0.3 is 20.3 Å². The van der Waals surface area contributed by atoms with Gasteiger partial charge in [-0.25, -0.2) is 4.57 Å². The average Bonchev–Trinajstić information content (AvgIpc) is 2.00. The summed E-state index contributed by atoms with van der Waals surface area (Å²) >= 11 is 0. The second-order valence-corrected chi connectivity index (χ2v) is 3.80. The van der Waals surface area contributed by atoms with Gasteiger partial charge in [0.15, 0.2) is 0 Å². The molecule has 1 atom stereocenters. The third-order valence-corrected chi connectivity index (χ3v) is 1.87. The maximum absolute atomic E-state index is 10.6. The Bertz CT molecular complexity index is 262. The monoisotopic (exact) mass is 241 g/mol. The predicted molar refractivity (Wildman–Crippen MR) is 47.1 cm³/mol. The molecule has 4 N–H and O–H groups in total. The third-order valence-electron chi connectivity index (χ3n) is 1.32. The molecule has 0 aliphatic carbocycles. The first-order valence-electron chi connectivity index (χ1n) is 3.98. The number of hydrogen-bond donors (Lipinski definition) is 3. The highest BCUT2D eigenvalue weighted by Gasteiger charge is 2.19. The molecule has 0 saturated carbocycles. The van der Waals surface area contributed by atoms with Gasteiger partial charge in [-0.2, -0.15) is 0 Å². The molecule has 0 spiro atoms. The largest absolute Gasteiger partial charge is 0.471 e. The second kappa shape index (κ2) is 6.65. The molecule has 0 bridgehead atoms. The van der Waals surface area contributed by atoms with Crippen LogP contribution in [-0.2, 0) is 23.4 Å². The van der Waals surface area contributed by atoms with Crippen molar-refractivity contribution in [2.45, 2.75) is 25.5 Å². The average molecular weight is 241 g/mol. The lowest BCUT2D eigenvalue weighted by Gasteiger charge is -2.12. The Kier molecular flexibility index (Phi) is 6.30. The van der Waals surface area contributed by atoms with Crippen LogP contribution < -0.4 is 5.73 Å². The molecule has 15 heavy (non-hydrogen) atoms. The molecule has 0 aromatic carbocycles. The minimum atomic E-state index is -4.60. The zero-order chi connectivity index (χ0) is 11.9. The van der Waals surface area contributed by atoms with Gasteiger partial charge in [0.1, 0.15) is 6.23 Å². The number of nitrogens with two attached hydrogens (primary N) is 1. The van der Waals surface area contributed by atoms with Crippen molar-refractivity contribution in [3.05, 3.63) is 0 Å². The summed E-state index contributed by atoms with van der Waals surface area (Å²) < 4.78 is 18.4. The third kappa shape index (κ3) is 9.51. The summed E-state index contributed by atoms with van der Waals surface area (Å²) in [6.45, 7) is 0.00834. The van der Waals surface area contributed by atoms with Crippen molar-refractivity contribution in [1.29, 1.82) is 0 Å². The van der Waals surface area contributed by atoms with Crippen LogP contribution in [0.5, 0.6) is 0 Å². The molecule has 0 aliphatic heterocycles. The lowest BCUT2D eigenvalue weighted by atomic mass is 10.2. The summed E-state index contributed by atoms with van der Waals surface area (Å²) in [4.78, 5) is 37.0. The van der Waals surface area contributed by atoms with Crippen LogP contribution in [0.25, 0.3) is 0 Å². The van der Waals surface area contributed by atoms with Crippen LogP contribution in [0.2, 0.25) is 0 Å². The number of hydrogen-bond acceptors (Lipinski definition) is 6. The Labute approximate surface area is 85.6 Å². The highest BCUT2D eigenvalue weighted by Crippen LogP contribution is 2.37. The first kappa shape index (κ1) is 14.2. The van der Waals surface area contributed by atoms with Crippen molar-refractivity contribution in [1.82, 2.24) is 0 Å².